The quantitative estimate of drug-likeness (QED) is 0.640. The fraction of sp³-hybridized carbons (Fsp3) is 0.200. The van der Waals surface area contributed by atoms with Crippen LogP contribution in [0.2, 0.25) is 0 Å². The smallest absolute Gasteiger partial charge is 0.338 e. The van der Waals surface area contributed by atoms with Gasteiger partial charge in [-0.25, -0.2) is 13.6 Å². The molecule has 138 valence electrons. The zero-order chi connectivity index (χ0) is 19.0. The molecule has 0 spiro atoms. The summed E-state index contributed by atoms with van der Waals surface area (Å²) in [5.41, 5.74) is 2.27. The number of carbonyl (C=O) groups is 1. The van der Waals surface area contributed by atoms with Crippen molar-refractivity contribution in [1.82, 2.24) is 5.16 Å². The van der Waals surface area contributed by atoms with E-state index in [2.05, 4.69) is 5.16 Å². The minimum atomic E-state index is -1.11. The SMILES string of the molecule is CC1Cc2cc(-c3cc(COC(=O)c4ccc(F)c(F)c4)no3)ccc2O1. The number of hydrogen-bond acceptors (Lipinski definition) is 5. The molecule has 0 aliphatic carbocycles. The number of ether oxygens (including phenoxy) is 2. The summed E-state index contributed by atoms with van der Waals surface area (Å²) in [6.07, 6.45) is 0.979. The molecule has 1 aliphatic rings. The number of rotatable bonds is 4. The third kappa shape index (κ3) is 3.53. The lowest BCUT2D eigenvalue weighted by molar-refractivity contribution is 0.0463. The van der Waals surface area contributed by atoms with Gasteiger partial charge in [0.15, 0.2) is 17.4 Å². The predicted molar refractivity (Wildman–Crippen MR) is 91.2 cm³/mol. The highest BCUT2D eigenvalue weighted by atomic mass is 19.2. The second kappa shape index (κ2) is 6.83. The Morgan fingerprint density at radius 1 is 1.19 bits per heavy atom. The van der Waals surface area contributed by atoms with Crippen LogP contribution >= 0.6 is 0 Å². The highest BCUT2D eigenvalue weighted by Gasteiger charge is 2.20. The summed E-state index contributed by atoms with van der Waals surface area (Å²) in [6.45, 7) is 1.86. The Balaban J connectivity index is 1.43. The second-order valence-corrected chi connectivity index (χ2v) is 6.34. The van der Waals surface area contributed by atoms with Gasteiger partial charge >= 0.3 is 5.97 Å². The van der Waals surface area contributed by atoms with Crippen molar-refractivity contribution in [2.75, 3.05) is 0 Å². The minimum absolute atomic E-state index is 0.0784. The van der Waals surface area contributed by atoms with E-state index < -0.39 is 17.6 Å². The van der Waals surface area contributed by atoms with Gasteiger partial charge in [-0.2, -0.15) is 0 Å². The number of hydrogen-bond donors (Lipinski definition) is 0. The normalized spacial score (nSPS) is 15.3. The topological polar surface area (TPSA) is 61.6 Å². The number of nitrogens with zero attached hydrogens (tertiary/aromatic N) is 1. The van der Waals surface area contributed by atoms with Crippen molar-refractivity contribution in [3.63, 3.8) is 0 Å². The molecule has 0 fully saturated rings. The molecule has 2 aromatic carbocycles. The zero-order valence-electron chi connectivity index (χ0n) is 14.4. The summed E-state index contributed by atoms with van der Waals surface area (Å²) < 4.78 is 42.2. The van der Waals surface area contributed by atoms with Gasteiger partial charge < -0.3 is 14.0 Å². The van der Waals surface area contributed by atoms with Crippen LogP contribution in [0.25, 0.3) is 11.3 Å². The van der Waals surface area contributed by atoms with Crippen LogP contribution in [0.3, 0.4) is 0 Å². The zero-order valence-corrected chi connectivity index (χ0v) is 14.4. The molecule has 1 unspecified atom stereocenters. The summed E-state index contributed by atoms with van der Waals surface area (Å²) in [5, 5.41) is 3.88. The molecule has 2 heterocycles. The largest absolute Gasteiger partial charge is 0.490 e. The van der Waals surface area contributed by atoms with E-state index in [1.54, 1.807) is 6.07 Å². The third-order valence-electron chi connectivity index (χ3n) is 4.25. The molecule has 0 saturated carbocycles. The van der Waals surface area contributed by atoms with Gasteiger partial charge in [0, 0.05) is 18.1 Å². The molecule has 0 saturated heterocycles. The number of benzene rings is 2. The first-order valence-corrected chi connectivity index (χ1v) is 8.37. The van der Waals surface area contributed by atoms with Crippen LogP contribution in [-0.2, 0) is 17.8 Å². The van der Waals surface area contributed by atoms with Crippen molar-refractivity contribution in [2.45, 2.75) is 26.1 Å². The number of halogens is 2. The summed E-state index contributed by atoms with van der Waals surface area (Å²) in [5.74, 6) is -1.50. The fourth-order valence-corrected chi connectivity index (χ4v) is 2.94. The summed E-state index contributed by atoms with van der Waals surface area (Å²) >= 11 is 0. The molecule has 5 nitrogen and oxygen atoms in total. The van der Waals surface area contributed by atoms with Gasteiger partial charge in [-0.3, -0.25) is 0 Å². The van der Waals surface area contributed by atoms with Gasteiger partial charge in [0.1, 0.15) is 24.2 Å². The van der Waals surface area contributed by atoms with Crippen molar-refractivity contribution in [3.8, 4) is 17.1 Å². The predicted octanol–water partition coefficient (Wildman–Crippen LogP) is 4.30. The van der Waals surface area contributed by atoms with Crippen LogP contribution < -0.4 is 4.74 Å². The van der Waals surface area contributed by atoms with Crippen molar-refractivity contribution in [3.05, 3.63) is 70.9 Å². The third-order valence-corrected chi connectivity index (χ3v) is 4.25. The molecule has 1 atom stereocenters. The molecule has 1 aliphatic heterocycles. The molecule has 7 heteroatoms. The number of fused-ring (bicyclic) bond motifs is 1. The van der Waals surface area contributed by atoms with Gasteiger partial charge in [-0.15, -0.1) is 0 Å². The van der Waals surface area contributed by atoms with E-state index in [9.17, 15) is 13.6 Å². The maximum Gasteiger partial charge on any atom is 0.338 e. The Bertz CT molecular complexity index is 1010. The minimum Gasteiger partial charge on any atom is -0.490 e. The van der Waals surface area contributed by atoms with Crippen LogP contribution in [-0.4, -0.2) is 17.2 Å². The van der Waals surface area contributed by atoms with E-state index in [4.69, 9.17) is 14.0 Å². The Morgan fingerprint density at radius 3 is 2.85 bits per heavy atom. The molecule has 1 aromatic heterocycles. The van der Waals surface area contributed by atoms with Crippen molar-refractivity contribution in [1.29, 1.82) is 0 Å². The van der Waals surface area contributed by atoms with Crippen molar-refractivity contribution in [2.24, 2.45) is 0 Å². The summed E-state index contributed by atoms with van der Waals surface area (Å²) in [7, 11) is 0. The van der Waals surface area contributed by atoms with Crippen LogP contribution in [0.4, 0.5) is 8.78 Å². The summed E-state index contributed by atoms with van der Waals surface area (Å²) in [6, 6.07) is 10.2. The lowest BCUT2D eigenvalue weighted by Crippen LogP contribution is -2.06. The molecule has 0 N–H and O–H groups in total. The molecule has 27 heavy (non-hydrogen) atoms. The molecule has 0 amide bonds. The molecular formula is C20H15F2NO4. The monoisotopic (exact) mass is 371 g/mol. The molecule has 4 rings (SSSR count). The lowest BCUT2D eigenvalue weighted by Gasteiger charge is -2.03. The average molecular weight is 371 g/mol. The van der Waals surface area contributed by atoms with Gasteiger partial charge in [-0.1, -0.05) is 5.16 Å². The van der Waals surface area contributed by atoms with E-state index in [1.165, 1.54) is 0 Å². The van der Waals surface area contributed by atoms with Gasteiger partial charge in [-0.05, 0) is 48.9 Å². The number of esters is 1. The van der Waals surface area contributed by atoms with E-state index in [1.807, 2.05) is 25.1 Å². The maximum absolute atomic E-state index is 13.2. The standard InChI is InChI=1S/C20H15F2NO4/c1-11-6-14-7-12(3-5-18(14)26-11)19-9-15(23-27-19)10-25-20(24)13-2-4-16(21)17(22)8-13/h2-5,7-9,11H,6,10H2,1H3. The van der Waals surface area contributed by atoms with Crippen LogP contribution in [0.15, 0.2) is 47.0 Å². The number of carbonyl (C=O) groups excluding carboxylic acids is 1. The molecule has 3 aromatic rings. The second-order valence-electron chi connectivity index (χ2n) is 6.34. The van der Waals surface area contributed by atoms with Crippen LogP contribution in [0.1, 0.15) is 28.5 Å². The Labute approximate surface area is 153 Å². The van der Waals surface area contributed by atoms with Crippen LogP contribution in [0.5, 0.6) is 5.75 Å². The summed E-state index contributed by atoms with van der Waals surface area (Å²) in [4.78, 5) is 11.9. The van der Waals surface area contributed by atoms with E-state index >= 15 is 0 Å². The van der Waals surface area contributed by atoms with Gasteiger partial charge in [0.2, 0.25) is 0 Å². The first kappa shape index (κ1) is 17.2. The Hall–Kier alpha value is -3.22. The van der Waals surface area contributed by atoms with Crippen LogP contribution in [0, 0.1) is 11.6 Å². The highest BCUT2D eigenvalue weighted by Crippen LogP contribution is 2.33. The maximum atomic E-state index is 13.2. The Kier molecular flexibility index (Phi) is 4.35. The fourth-order valence-electron chi connectivity index (χ4n) is 2.94. The highest BCUT2D eigenvalue weighted by molar-refractivity contribution is 5.89. The molecular weight excluding hydrogens is 356 g/mol. The van der Waals surface area contributed by atoms with Crippen molar-refractivity contribution < 1.29 is 27.6 Å². The number of aromatic nitrogens is 1. The van der Waals surface area contributed by atoms with Gasteiger partial charge in [0.25, 0.3) is 0 Å². The average Bonchev–Trinajstić information content (AvgIpc) is 3.26. The lowest BCUT2D eigenvalue weighted by atomic mass is 10.1. The molecule has 0 bridgehead atoms. The molecule has 0 radical (unpaired) electrons. The van der Waals surface area contributed by atoms with E-state index in [-0.39, 0.29) is 18.3 Å². The van der Waals surface area contributed by atoms with E-state index in [0.717, 1.165) is 41.5 Å². The Morgan fingerprint density at radius 2 is 2.04 bits per heavy atom. The first-order valence-electron chi connectivity index (χ1n) is 8.37. The van der Waals surface area contributed by atoms with Crippen molar-refractivity contribution >= 4 is 5.97 Å². The van der Waals surface area contributed by atoms with Gasteiger partial charge in [0.05, 0.1) is 5.56 Å². The van der Waals surface area contributed by atoms with E-state index in [0.29, 0.717) is 11.5 Å². The first-order chi connectivity index (χ1) is 13.0.